The molecule has 2 fully saturated rings. The van der Waals surface area contributed by atoms with Gasteiger partial charge in [0.25, 0.3) is 0 Å². The van der Waals surface area contributed by atoms with Crippen molar-refractivity contribution in [3.8, 4) is 0 Å². The van der Waals surface area contributed by atoms with Crippen LogP contribution in [-0.2, 0) is 4.79 Å². The number of nitrogens with zero attached hydrogens (tertiary/aromatic N) is 2. The van der Waals surface area contributed by atoms with Gasteiger partial charge >= 0.3 is 5.97 Å². The van der Waals surface area contributed by atoms with Gasteiger partial charge < -0.3 is 10.0 Å². The number of hydrogen-bond donors (Lipinski definition) is 1. The Labute approximate surface area is 78.1 Å². The molecule has 0 radical (unpaired) electrons. The second-order valence-electron chi connectivity index (χ2n) is 4.53. The largest absolute Gasteiger partial charge is 0.480 e. The van der Waals surface area contributed by atoms with Gasteiger partial charge in [0, 0.05) is 25.0 Å². The highest BCUT2D eigenvalue weighted by Crippen LogP contribution is 2.38. The van der Waals surface area contributed by atoms with Gasteiger partial charge in [0.2, 0.25) is 0 Å². The van der Waals surface area contributed by atoms with E-state index in [1.807, 2.05) is 4.90 Å². The van der Waals surface area contributed by atoms with E-state index in [1.165, 1.54) is 13.0 Å². The quantitative estimate of drug-likeness (QED) is 0.640. The molecule has 0 aliphatic carbocycles. The van der Waals surface area contributed by atoms with Gasteiger partial charge in [0.05, 0.1) is 6.54 Å². The molecular formula is C9H16N2O2. The predicted molar refractivity (Wildman–Crippen MR) is 48.6 cm³/mol. The van der Waals surface area contributed by atoms with Crippen molar-refractivity contribution in [3.63, 3.8) is 0 Å². The van der Waals surface area contributed by atoms with E-state index in [0.29, 0.717) is 5.41 Å². The highest BCUT2D eigenvalue weighted by atomic mass is 16.4. The molecule has 2 heterocycles. The Kier molecular flexibility index (Phi) is 2.04. The standard InChI is InChI=1S/C9H16N2O2/c1-10-3-2-9(5-10)6-11(7-9)4-8(12)13/h2-7H2,1H3,(H,12,13). The highest BCUT2D eigenvalue weighted by molar-refractivity contribution is 5.69. The fourth-order valence-electron chi connectivity index (χ4n) is 2.62. The number of hydrogen-bond acceptors (Lipinski definition) is 3. The molecule has 1 spiro atoms. The summed E-state index contributed by atoms with van der Waals surface area (Å²) in [4.78, 5) is 14.8. The summed E-state index contributed by atoms with van der Waals surface area (Å²) < 4.78 is 0. The Morgan fingerprint density at radius 3 is 2.62 bits per heavy atom. The average molecular weight is 184 g/mol. The van der Waals surface area contributed by atoms with Gasteiger partial charge in [-0.1, -0.05) is 0 Å². The maximum atomic E-state index is 10.4. The Morgan fingerprint density at radius 2 is 2.15 bits per heavy atom. The smallest absolute Gasteiger partial charge is 0.317 e. The van der Waals surface area contributed by atoms with Crippen molar-refractivity contribution in [2.24, 2.45) is 5.41 Å². The summed E-state index contributed by atoms with van der Waals surface area (Å²) in [5.41, 5.74) is 0.435. The summed E-state index contributed by atoms with van der Waals surface area (Å²) in [6.07, 6.45) is 1.24. The topological polar surface area (TPSA) is 43.8 Å². The summed E-state index contributed by atoms with van der Waals surface area (Å²) in [7, 11) is 2.13. The minimum Gasteiger partial charge on any atom is -0.480 e. The molecule has 0 aromatic heterocycles. The first kappa shape index (κ1) is 8.97. The van der Waals surface area contributed by atoms with Crippen LogP contribution in [0, 0.1) is 5.41 Å². The third kappa shape index (κ3) is 1.69. The van der Waals surface area contributed by atoms with Crippen LogP contribution in [0.5, 0.6) is 0 Å². The van der Waals surface area contributed by atoms with Gasteiger partial charge in [-0.25, -0.2) is 0 Å². The van der Waals surface area contributed by atoms with Gasteiger partial charge in [-0.2, -0.15) is 0 Å². The zero-order valence-corrected chi connectivity index (χ0v) is 7.99. The van der Waals surface area contributed by atoms with E-state index >= 15 is 0 Å². The van der Waals surface area contributed by atoms with E-state index in [2.05, 4.69) is 11.9 Å². The maximum absolute atomic E-state index is 10.4. The van der Waals surface area contributed by atoms with Gasteiger partial charge in [-0.15, -0.1) is 0 Å². The minimum atomic E-state index is -0.707. The second-order valence-corrected chi connectivity index (χ2v) is 4.53. The SMILES string of the molecule is CN1CCC2(C1)CN(CC(=O)O)C2. The Bertz CT molecular complexity index is 224. The minimum absolute atomic E-state index is 0.214. The Balaban J connectivity index is 1.80. The van der Waals surface area contributed by atoms with E-state index in [-0.39, 0.29) is 6.54 Å². The van der Waals surface area contributed by atoms with Crippen molar-refractivity contribution in [1.82, 2.24) is 9.80 Å². The lowest BCUT2D eigenvalue weighted by Gasteiger charge is -2.47. The van der Waals surface area contributed by atoms with Crippen molar-refractivity contribution in [2.45, 2.75) is 6.42 Å². The molecule has 0 bridgehead atoms. The second kappa shape index (κ2) is 2.96. The number of carboxylic acids is 1. The Hall–Kier alpha value is -0.610. The molecule has 13 heavy (non-hydrogen) atoms. The number of carbonyl (C=O) groups is 1. The van der Waals surface area contributed by atoms with Crippen LogP contribution in [-0.4, -0.2) is 60.6 Å². The average Bonchev–Trinajstić information content (AvgIpc) is 2.29. The third-order valence-corrected chi connectivity index (χ3v) is 3.11. The highest BCUT2D eigenvalue weighted by Gasteiger charge is 2.46. The van der Waals surface area contributed by atoms with Crippen molar-refractivity contribution in [2.75, 3.05) is 39.8 Å². The van der Waals surface area contributed by atoms with Crippen molar-refractivity contribution >= 4 is 5.97 Å². The lowest BCUT2D eigenvalue weighted by Crippen LogP contribution is -2.58. The van der Waals surface area contributed by atoms with Crippen LogP contribution in [0.3, 0.4) is 0 Å². The van der Waals surface area contributed by atoms with Crippen molar-refractivity contribution in [3.05, 3.63) is 0 Å². The van der Waals surface area contributed by atoms with Crippen LogP contribution in [0.25, 0.3) is 0 Å². The van der Waals surface area contributed by atoms with Crippen LogP contribution in [0.2, 0.25) is 0 Å². The van der Waals surface area contributed by atoms with E-state index in [1.54, 1.807) is 0 Å². The first-order valence-corrected chi connectivity index (χ1v) is 4.72. The molecule has 2 rings (SSSR count). The number of rotatable bonds is 2. The molecule has 0 aromatic rings. The van der Waals surface area contributed by atoms with E-state index in [0.717, 1.165) is 19.6 Å². The van der Waals surface area contributed by atoms with Crippen LogP contribution >= 0.6 is 0 Å². The summed E-state index contributed by atoms with van der Waals surface area (Å²) in [6.45, 7) is 4.47. The fraction of sp³-hybridized carbons (Fsp3) is 0.889. The van der Waals surface area contributed by atoms with Crippen LogP contribution < -0.4 is 0 Å². The van der Waals surface area contributed by atoms with E-state index in [9.17, 15) is 4.79 Å². The van der Waals surface area contributed by atoms with Crippen LogP contribution in [0.1, 0.15) is 6.42 Å². The summed E-state index contributed by atoms with van der Waals surface area (Å²) in [5, 5.41) is 8.58. The number of likely N-dealkylation sites (tertiary alicyclic amines) is 2. The fourth-order valence-corrected chi connectivity index (χ4v) is 2.62. The number of carboxylic acid groups (broad SMARTS) is 1. The van der Waals surface area contributed by atoms with Gasteiger partial charge in [-0.05, 0) is 20.0 Å². The van der Waals surface area contributed by atoms with E-state index in [4.69, 9.17) is 5.11 Å². The Morgan fingerprint density at radius 1 is 1.46 bits per heavy atom. The zero-order chi connectivity index (χ0) is 9.47. The van der Waals surface area contributed by atoms with Gasteiger partial charge in [0.15, 0.2) is 0 Å². The molecule has 4 heteroatoms. The van der Waals surface area contributed by atoms with Crippen molar-refractivity contribution < 1.29 is 9.90 Å². The molecule has 2 aliphatic heterocycles. The molecule has 4 nitrogen and oxygen atoms in total. The molecular weight excluding hydrogens is 168 g/mol. The predicted octanol–water partition coefficient (Wildman–Crippen LogP) is -0.292. The molecule has 74 valence electrons. The molecule has 0 atom stereocenters. The third-order valence-electron chi connectivity index (χ3n) is 3.11. The summed E-state index contributed by atoms with van der Waals surface area (Å²) >= 11 is 0. The first-order valence-electron chi connectivity index (χ1n) is 4.72. The van der Waals surface area contributed by atoms with E-state index < -0.39 is 5.97 Å². The monoisotopic (exact) mass is 184 g/mol. The lowest BCUT2D eigenvalue weighted by molar-refractivity contribution is -0.141. The molecule has 0 unspecified atom stereocenters. The molecule has 1 N–H and O–H groups in total. The summed E-state index contributed by atoms with van der Waals surface area (Å²) in [5.74, 6) is -0.707. The van der Waals surface area contributed by atoms with Crippen LogP contribution in [0.4, 0.5) is 0 Å². The zero-order valence-electron chi connectivity index (χ0n) is 7.99. The van der Waals surface area contributed by atoms with Gasteiger partial charge in [0.1, 0.15) is 0 Å². The molecule has 0 aromatic carbocycles. The molecule has 0 saturated carbocycles. The number of aliphatic carboxylic acids is 1. The normalized spacial score (nSPS) is 27.8. The van der Waals surface area contributed by atoms with Gasteiger partial charge in [-0.3, -0.25) is 9.69 Å². The maximum Gasteiger partial charge on any atom is 0.317 e. The summed E-state index contributed by atoms with van der Waals surface area (Å²) in [6, 6.07) is 0. The lowest BCUT2D eigenvalue weighted by atomic mass is 9.79. The molecule has 0 amide bonds. The molecule has 2 aliphatic rings. The van der Waals surface area contributed by atoms with Crippen LogP contribution in [0.15, 0.2) is 0 Å². The molecule has 2 saturated heterocycles. The van der Waals surface area contributed by atoms with Crippen molar-refractivity contribution in [1.29, 1.82) is 0 Å². The first-order chi connectivity index (χ1) is 6.10.